The zero-order valence-corrected chi connectivity index (χ0v) is 5.52. The molecule has 0 bridgehead atoms. The first-order valence-corrected chi connectivity index (χ1v) is 3.43. The molecular weight excluding hydrogens is 126 g/mol. The molecule has 0 aromatic heterocycles. The van der Waals surface area contributed by atoms with E-state index >= 15 is 0 Å². The van der Waals surface area contributed by atoms with Crippen LogP contribution in [0, 0.1) is 5.21 Å². The van der Waals surface area contributed by atoms with E-state index in [0.29, 0.717) is 0 Å². The average Bonchev–Trinajstić information content (AvgIpc) is 2.17. The third kappa shape index (κ3) is 1.13. The van der Waals surface area contributed by atoms with E-state index in [4.69, 9.17) is 11.6 Å². The van der Waals surface area contributed by atoms with Gasteiger partial charge in [-0.25, -0.2) is 0 Å². The molecule has 1 saturated heterocycles. The highest BCUT2D eigenvalue weighted by Gasteiger charge is 2.20. The van der Waals surface area contributed by atoms with Crippen LogP contribution in [-0.4, -0.2) is 23.7 Å². The Morgan fingerprint density at radius 1 is 1.38 bits per heavy atom. The fourth-order valence-electron chi connectivity index (χ4n) is 1.03. The van der Waals surface area contributed by atoms with Crippen molar-refractivity contribution < 1.29 is 4.65 Å². The molecule has 1 aliphatic rings. The second-order valence-electron chi connectivity index (χ2n) is 2.33. The minimum Gasteiger partial charge on any atom is -0.632 e. The van der Waals surface area contributed by atoms with Gasteiger partial charge in [0.15, 0.2) is 6.00 Å². The van der Waals surface area contributed by atoms with E-state index in [1.807, 2.05) is 0 Å². The van der Waals surface area contributed by atoms with Crippen molar-refractivity contribution in [2.24, 2.45) is 0 Å². The summed E-state index contributed by atoms with van der Waals surface area (Å²) in [6, 6.07) is 0.236. The summed E-state index contributed by atoms with van der Waals surface area (Å²) >= 11 is 5.41. The number of hydroxylamine groups is 3. The summed E-state index contributed by atoms with van der Waals surface area (Å²) in [5.41, 5.74) is 0. The fourth-order valence-corrected chi connectivity index (χ4v) is 1.27. The lowest BCUT2D eigenvalue weighted by Crippen LogP contribution is -2.36. The molecule has 1 rings (SSSR count). The van der Waals surface area contributed by atoms with Crippen LogP contribution in [-0.2, 0) is 0 Å². The second kappa shape index (κ2) is 2.21. The van der Waals surface area contributed by atoms with Crippen molar-refractivity contribution in [3.05, 3.63) is 5.21 Å². The van der Waals surface area contributed by atoms with Gasteiger partial charge in [-0.2, -0.15) is 0 Å². The number of likely N-dealkylation sites (tertiary alicyclic amines) is 1. The first-order chi connectivity index (χ1) is 3.77. The molecule has 0 aliphatic carbocycles. The highest BCUT2D eigenvalue weighted by atomic mass is 35.5. The minimum atomic E-state index is -0.165. The quantitative estimate of drug-likeness (QED) is 0.230. The molecule has 48 valence electrons. The Bertz CT molecular complexity index is 80.5. The van der Waals surface area contributed by atoms with Crippen LogP contribution in [0.3, 0.4) is 0 Å². The minimum absolute atomic E-state index is 0.165. The summed E-state index contributed by atoms with van der Waals surface area (Å²) in [5.74, 6) is 0. The van der Waals surface area contributed by atoms with Gasteiger partial charge in [0.25, 0.3) is 0 Å². The van der Waals surface area contributed by atoms with Crippen molar-refractivity contribution in [3.8, 4) is 0 Å². The predicted octanol–water partition coefficient (Wildman–Crippen LogP) is 1.29. The van der Waals surface area contributed by atoms with Crippen molar-refractivity contribution in [3.63, 3.8) is 0 Å². The predicted molar refractivity (Wildman–Crippen MR) is 33.3 cm³/mol. The summed E-state index contributed by atoms with van der Waals surface area (Å²) in [5, 5.41) is 11.1. The maximum Gasteiger partial charge on any atom is 0.154 e. The summed E-state index contributed by atoms with van der Waals surface area (Å²) in [7, 11) is 0. The third-order valence-corrected chi connectivity index (χ3v) is 2.03. The lowest BCUT2D eigenvalue weighted by molar-refractivity contribution is -0.856. The van der Waals surface area contributed by atoms with Gasteiger partial charge >= 0.3 is 0 Å². The lowest BCUT2D eigenvalue weighted by Gasteiger charge is -2.35. The fraction of sp³-hybridized carbons (Fsp3) is 1.00. The topological polar surface area (TPSA) is 23.1 Å². The maximum atomic E-state index is 11.1. The first kappa shape index (κ1) is 6.33. The molecule has 0 radical (unpaired) electrons. The van der Waals surface area contributed by atoms with E-state index < -0.39 is 0 Å². The Hall–Kier alpha value is 0.210. The zero-order valence-electron chi connectivity index (χ0n) is 4.77. The molecule has 1 fully saturated rings. The van der Waals surface area contributed by atoms with Crippen LogP contribution in [0.5, 0.6) is 0 Å². The molecule has 3 heteroatoms. The Morgan fingerprint density at radius 3 is 2.12 bits per heavy atom. The summed E-state index contributed by atoms with van der Waals surface area (Å²) < 4.78 is -0.165. The van der Waals surface area contributed by atoms with Gasteiger partial charge in [0.05, 0.1) is 13.1 Å². The van der Waals surface area contributed by atoms with Crippen molar-refractivity contribution >= 4 is 11.6 Å². The van der Waals surface area contributed by atoms with Crippen molar-refractivity contribution in [1.82, 2.24) is 0 Å². The zero-order chi connectivity index (χ0) is 6.04. The van der Waals surface area contributed by atoms with E-state index in [-0.39, 0.29) is 10.7 Å². The smallest absolute Gasteiger partial charge is 0.154 e. The molecule has 0 unspecified atom stereocenters. The number of nitrogens with zero attached hydrogens (tertiary/aromatic N) is 1. The van der Waals surface area contributed by atoms with Crippen LogP contribution in [0.4, 0.5) is 0 Å². The van der Waals surface area contributed by atoms with Crippen molar-refractivity contribution in [2.45, 2.75) is 12.8 Å². The molecule has 8 heavy (non-hydrogen) atoms. The van der Waals surface area contributed by atoms with Gasteiger partial charge in [-0.3, -0.25) is 0 Å². The van der Waals surface area contributed by atoms with Gasteiger partial charge in [-0.1, -0.05) is 11.6 Å². The Labute approximate surface area is 54.2 Å². The number of hydrogen-bond acceptors (Lipinski definition) is 1. The van der Waals surface area contributed by atoms with E-state index in [1.54, 1.807) is 0 Å². The van der Waals surface area contributed by atoms with E-state index in [9.17, 15) is 5.21 Å². The van der Waals surface area contributed by atoms with Gasteiger partial charge < -0.3 is 9.85 Å². The Balaban J connectivity index is 2.40. The standard InChI is InChI=1S/C5H10ClNO/c6-5-7(8)3-1-2-4-7/h1-5H2. The SMILES string of the molecule is [O-][N+]1(CCl)CCCC1. The van der Waals surface area contributed by atoms with Crippen LogP contribution in [0.25, 0.3) is 0 Å². The molecule has 0 aromatic rings. The molecule has 1 heterocycles. The van der Waals surface area contributed by atoms with Crippen molar-refractivity contribution in [2.75, 3.05) is 19.1 Å². The Kier molecular flexibility index (Phi) is 1.75. The summed E-state index contributed by atoms with van der Waals surface area (Å²) in [4.78, 5) is 0. The summed E-state index contributed by atoms with van der Waals surface area (Å²) in [6.07, 6.45) is 2.10. The molecule has 0 spiro atoms. The van der Waals surface area contributed by atoms with Gasteiger partial charge in [-0.15, -0.1) is 0 Å². The monoisotopic (exact) mass is 135 g/mol. The maximum absolute atomic E-state index is 11.1. The third-order valence-electron chi connectivity index (χ3n) is 1.60. The molecule has 0 saturated carbocycles. The van der Waals surface area contributed by atoms with Crippen LogP contribution in [0.2, 0.25) is 0 Å². The molecule has 0 atom stereocenters. The van der Waals surface area contributed by atoms with Crippen LogP contribution >= 0.6 is 11.6 Å². The molecule has 0 N–H and O–H groups in total. The van der Waals surface area contributed by atoms with E-state index in [1.165, 1.54) is 0 Å². The van der Waals surface area contributed by atoms with E-state index in [0.717, 1.165) is 25.9 Å². The van der Waals surface area contributed by atoms with Gasteiger partial charge in [0, 0.05) is 12.8 Å². The number of halogens is 1. The highest BCUT2D eigenvalue weighted by Crippen LogP contribution is 2.17. The molecule has 1 aliphatic heterocycles. The second-order valence-corrected chi connectivity index (χ2v) is 2.57. The number of quaternary nitrogens is 1. The van der Waals surface area contributed by atoms with Crippen LogP contribution < -0.4 is 0 Å². The van der Waals surface area contributed by atoms with Gasteiger partial charge in [-0.05, 0) is 0 Å². The lowest BCUT2D eigenvalue weighted by atomic mass is 10.4. The molecule has 0 aromatic carbocycles. The van der Waals surface area contributed by atoms with Gasteiger partial charge in [0.1, 0.15) is 0 Å². The first-order valence-electron chi connectivity index (χ1n) is 2.90. The van der Waals surface area contributed by atoms with Crippen LogP contribution in [0.1, 0.15) is 12.8 Å². The molecule has 0 amide bonds. The molecular formula is C5H10ClNO. The highest BCUT2D eigenvalue weighted by molar-refractivity contribution is 6.17. The average molecular weight is 136 g/mol. The number of hydrogen-bond donors (Lipinski definition) is 0. The largest absolute Gasteiger partial charge is 0.632 e. The van der Waals surface area contributed by atoms with Gasteiger partial charge in [0.2, 0.25) is 0 Å². The van der Waals surface area contributed by atoms with Crippen molar-refractivity contribution in [1.29, 1.82) is 0 Å². The molecule has 2 nitrogen and oxygen atoms in total. The summed E-state index contributed by atoms with van der Waals surface area (Å²) in [6.45, 7) is 1.45. The normalized spacial score (nSPS) is 26.2. The van der Waals surface area contributed by atoms with Crippen LogP contribution in [0.15, 0.2) is 0 Å². The number of rotatable bonds is 1. The van der Waals surface area contributed by atoms with E-state index in [2.05, 4.69) is 0 Å². The number of alkyl halides is 1. The Morgan fingerprint density at radius 2 is 1.88 bits per heavy atom.